The van der Waals surface area contributed by atoms with Gasteiger partial charge in [0, 0.05) is 30.1 Å². The fraction of sp³-hybridized carbons (Fsp3) is 0.409. The van der Waals surface area contributed by atoms with E-state index in [0.717, 1.165) is 29.1 Å². The van der Waals surface area contributed by atoms with E-state index in [0.29, 0.717) is 5.92 Å². The van der Waals surface area contributed by atoms with Crippen molar-refractivity contribution in [1.82, 2.24) is 0 Å². The smallest absolute Gasteiger partial charge is 0.0630 e. The molecule has 2 aromatic rings. The molecule has 0 spiro atoms. The van der Waals surface area contributed by atoms with Gasteiger partial charge in [-0.3, -0.25) is 4.99 Å². The minimum Gasteiger partial charge on any atom is -0.369 e. The Balaban J connectivity index is 1.93. The van der Waals surface area contributed by atoms with Gasteiger partial charge >= 0.3 is 0 Å². The van der Waals surface area contributed by atoms with E-state index in [1.165, 1.54) is 16.8 Å². The molecule has 2 nitrogen and oxygen atoms in total. The van der Waals surface area contributed by atoms with Crippen LogP contribution in [0.4, 0.5) is 11.4 Å². The maximum atomic E-state index is 6.56. The third-order valence-corrected chi connectivity index (χ3v) is 5.78. The Bertz CT molecular complexity index is 790. The van der Waals surface area contributed by atoms with E-state index in [2.05, 4.69) is 81.0 Å². The highest BCUT2D eigenvalue weighted by Crippen LogP contribution is 2.44. The molecular formula is C22H27ClN2. The molecular weight excluding hydrogens is 328 g/mol. The van der Waals surface area contributed by atoms with Gasteiger partial charge in [0.2, 0.25) is 0 Å². The van der Waals surface area contributed by atoms with Crippen molar-refractivity contribution < 1.29 is 0 Å². The highest BCUT2D eigenvalue weighted by Gasteiger charge is 2.34. The van der Waals surface area contributed by atoms with Gasteiger partial charge in [0.25, 0.3) is 0 Å². The van der Waals surface area contributed by atoms with Crippen LogP contribution in [-0.2, 0) is 6.42 Å². The molecule has 0 aliphatic carbocycles. The quantitative estimate of drug-likeness (QED) is 0.584. The maximum Gasteiger partial charge on any atom is 0.0630 e. The minimum absolute atomic E-state index is 0.145. The second-order valence-corrected chi connectivity index (χ2v) is 8.09. The Morgan fingerprint density at radius 1 is 1.24 bits per heavy atom. The van der Waals surface area contributed by atoms with Gasteiger partial charge in [0.1, 0.15) is 0 Å². The van der Waals surface area contributed by atoms with Crippen molar-refractivity contribution in [2.24, 2.45) is 4.99 Å². The summed E-state index contributed by atoms with van der Waals surface area (Å²) in [6.07, 6.45) is 4.06. The van der Waals surface area contributed by atoms with E-state index >= 15 is 0 Å². The number of nitrogens with zero attached hydrogens (tertiary/aromatic N) is 2. The molecule has 0 radical (unpaired) electrons. The molecule has 1 heterocycles. The van der Waals surface area contributed by atoms with E-state index in [-0.39, 0.29) is 5.54 Å². The fourth-order valence-corrected chi connectivity index (χ4v) is 3.87. The lowest BCUT2D eigenvalue weighted by molar-refractivity contribution is 0.395. The summed E-state index contributed by atoms with van der Waals surface area (Å²) in [5.74, 6) is 0.509. The molecule has 0 fully saturated rings. The zero-order valence-electron chi connectivity index (χ0n) is 15.8. The molecule has 1 aliphatic rings. The molecule has 3 heteroatoms. The highest BCUT2D eigenvalue weighted by atomic mass is 35.5. The summed E-state index contributed by atoms with van der Waals surface area (Å²) in [6.45, 7) is 9.03. The van der Waals surface area contributed by atoms with Crippen molar-refractivity contribution in [3.63, 3.8) is 0 Å². The summed E-state index contributed by atoms with van der Waals surface area (Å²) < 4.78 is 0. The van der Waals surface area contributed by atoms with Gasteiger partial charge in [-0.1, -0.05) is 37.6 Å². The zero-order chi connectivity index (χ0) is 18.2. The Labute approximate surface area is 156 Å². The van der Waals surface area contributed by atoms with E-state index < -0.39 is 0 Å². The Hall–Kier alpha value is -1.80. The first-order chi connectivity index (χ1) is 11.8. The second-order valence-electron chi connectivity index (χ2n) is 7.69. The molecule has 0 aromatic heterocycles. The number of fused-ring (bicyclic) bond motifs is 1. The van der Waals surface area contributed by atoms with Gasteiger partial charge in [-0.25, -0.2) is 0 Å². The number of hydrogen-bond acceptors (Lipinski definition) is 2. The number of halogens is 1. The lowest BCUT2D eigenvalue weighted by Crippen LogP contribution is -2.45. The Morgan fingerprint density at radius 2 is 1.92 bits per heavy atom. The fourth-order valence-electron chi connectivity index (χ4n) is 3.67. The number of aryl methyl sites for hydroxylation is 1. The van der Waals surface area contributed by atoms with Crippen molar-refractivity contribution >= 4 is 29.2 Å². The van der Waals surface area contributed by atoms with Crippen LogP contribution in [0.25, 0.3) is 0 Å². The number of hydrogen-bond donors (Lipinski definition) is 0. The van der Waals surface area contributed by atoms with Crippen LogP contribution in [0.3, 0.4) is 0 Å². The molecule has 25 heavy (non-hydrogen) atoms. The van der Waals surface area contributed by atoms with E-state index in [1.807, 2.05) is 6.21 Å². The minimum atomic E-state index is 0.145. The predicted molar refractivity (Wildman–Crippen MR) is 110 cm³/mol. The monoisotopic (exact) mass is 354 g/mol. The average Bonchev–Trinajstić information content (AvgIpc) is 2.58. The van der Waals surface area contributed by atoms with Crippen LogP contribution in [-0.4, -0.2) is 18.8 Å². The Kier molecular flexibility index (Phi) is 4.92. The molecule has 1 aliphatic heterocycles. The van der Waals surface area contributed by atoms with E-state index in [1.54, 1.807) is 0 Å². The van der Waals surface area contributed by atoms with Gasteiger partial charge in [-0.05, 0) is 68.0 Å². The van der Waals surface area contributed by atoms with Crippen molar-refractivity contribution in [2.45, 2.75) is 52.0 Å². The average molecular weight is 355 g/mol. The molecule has 0 saturated heterocycles. The third-order valence-electron chi connectivity index (χ3n) is 5.45. The molecule has 2 aromatic carbocycles. The van der Waals surface area contributed by atoms with Crippen LogP contribution < -0.4 is 4.90 Å². The number of rotatable bonds is 3. The van der Waals surface area contributed by atoms with Crippen molar-refractivity contribution in [1.29, 1.82) is 0 Å². The lowest BCUT2D eigenvalue weighted by Gasteiger charge is -2.45. The van der Waals surface area contributed by atoms with Gasteiger partial charge < -0.3 is 4.90 Å². The molecule has 0 saturated carbocycles. The summed E-state index contributed by atoms with van der Waals surface area (Å²) >= 11 is 6.56. The van der Waals surface area contributed by atoms with Crippen LogP contribution >= 0.6 is 11.6 Å². The zero-order valence-corrected chi connectivity index (χ0v) is 16.6. The van der Waals surface area contributed by atoms with Gasteiger partial charge in [0.05, 0.1) is 10.7 Å². The highest BCUT2D eigenvalue weighted by molar-refractivity contribution is 6.33. The summed E-state index contributed by atoms with van der Waals surface area (Å²) in [6, 6.07) is 12.7. The first-order valence-corrected chi connectivity index (χ1v) is 9.40. The second kappa shape index (κ2) is 6.84. The number of aliphatic imine (C=N–C) groups is 1. The number of benzene rings is 2. The molecule has 1 unspecified atom stereocenters. The molecule has 0 bridgehead atoms. The molecule has 0 amide bonds. The predicted octanol–water partition coefficient (Wildman–Crippen LogP) is 6.38. The standard InChI is InChI=1S/C22H27ClN2/c1-6-16-7-9-18(10-8-16)24-14-17-11-19-15(2)13-22(3,4)25(5)21(19)12-20(17)23/h7-12,14-15H,6,13H2,1-5H3. The van der Waals surface area contributed by atoms with Crippen molar-refractivity contribution in [3.05, 3.63) is 58.1 Å². The van der Waals surface area contributed by atoms with Gasteiger partial charge in [0.15, 0.2) is 0 Å². The summed E-state index contributed by atoms with van der Waals surface area (Å²) in [5.41, 5.74) is 6.00. The Morgan fingerprint density at radius 3 is 2.56 bits per heavy atom. The lowest BCUT2D eigenvalue weighted by atomic mass is 9.80. The van der Waals surface area contributed by atoms with Crippen molar-refractivity contribution in [3.8, 4) is 0 Å². The number of anilines is 1. The largest absolute Gasteiger partial charge is 0.369 e. The van der Waals surface area contributed by atoms with Crippen LogP contribution in [0.1, 0.15) is 56.7 Å². The first kappa shape index (κ1) is 18.0. The van der Waals surface area contributed by atoms with Crippen molar-refractivity contribution in [2.75, 3.05) is 11.9 Å². The molecule has 132 valence electrons. The van der Waals surface area contributed by atoms with Gasteiger partial charge in [-0.15, -0.1) is 0 Å². The normalized spacial score (nSPS) is 19.3. The first-order valence-electron chi connectivity index (χ1n) is 9.02. The maximum absolute atomic E-state index is 6.56. The van der Waals surface area contributed by atoms with Gasteiger partial charge in [-0.2, -0.15) is 0 Å². The molecule has 0 N–H and O–H groups in total. The summed E-state index contributed by atoms with van der Waals surface area (Å²) in [4.78, 5) is 6.96. The third kappa shape index (κ3) is 3.59. The molecule has 3 rings (SSSR count). The summed E-state index contributed by atoms with van der Waals surface area (Å²) in [7, 11) is 2.16. The summed E-state index contributed by atoms with van der Waals surface area (Å²) in [5, 5.41) is 0.754. The van der Waals surface area contributed by atoms with E-state index in [4.69, 9.17) is 11.6 Å². The molecule has 1 atom stereocenters. The van der Waals surface area contributed by atoms with Crippen LogP contribution in [0.2, 0.25) is 5.02 Å². The van der Waals surface area contributed by atoms with E-state index in [9.17, 15) is 0 Å². The van der Waals surface area contributed by atoms with Crippen LogP contribution in [0.15, 0.2) is 41.4 Å². The topological polar surface area (TPSA) is 15.6 Å². The SMILES string of the molecule is CCc1ccc(N=Cc2cc3c(cc2Cl)N(C)C(C)(C)CC3C)cc1. The van der Waals surface area contributed by atoms with Crippen LogP contribution in [0.5, 0.6) is 0 Å². The van der Waals surface area contributed by atoms with Crippen LogP contribution in [0, 0.1) is 0 Å².